The zero-order valence-electron chi connectivity index (χ0n) is 17.6. The number of hydrogen-bond donors (Lipinski definition) is 3. The molecular formula is C22H40N2O4. The van der Waals surface area contributed by atoms with E-state index in [1.807, 2.05) is 0 Å². The molecule has 0 aliphatic carbocycles. The van der Waals surface area contributed by atoms with E-state index in [4.69, 9.17) is 10.8 Å². The van der Waals surface area contributed by atoms with Crippen LogP contribution in [0.25, 0.3) is 0 Å². The van der Waals surface area contributed by atoms with Gasteiger partial charge in [0.15, 0.2) is 0 Å². The molecule has 0 spiro atoms. The quantitative estimate of drug-likeness (QED) is 0.221. The minimum absolute atomic E-state index is 0.278. The van der Waals surface area contributed by atoms with Crippen LogP contribution < -0.4 is 11.1 Å². The van der Waals surface area contributed by atoms with Crippen LogP contribution in [0.2, 0.25) is 0 Å². The van der Waals surface area contributed by atoms with Gasteiger partial charge < -0.3 is 16.2 Å². The fraction of sp³-hybridized carbons (Fsp3) is 0.773. The number of nitrogens with two attached hydrogens (primary N) is 1. The first-order valence-corrected chi connectivity index (χ1v) is 10.9. The smallest absolute Gasteiger partial charge is 0.326 e. The highest BCUT2D eigenvalue weighted by molar-refractivity contribution is 5.88. The van der Waals surface area contributed by atoms with Gasteiger partial charge in [-0.15, -0.1) is 0 Å². The minimum Gasteiger partial charge on any atom is -0.480 e. The Morgan fingerprint density at radius 3 is 1.86 bits per heavy atom. The third-order valence-electron chi connectivity index (χ3n) is 4.70. The van der Waals surface area contributed by atoms with Crippen LogP contribution in [0, 0.1) is 0 Å². The molecule has 0 rings (SSSR count). The summed E-state index contributed by atoms with van der Waals surface area (Å²) in [5, 5.41) is 11.3. The van der Waals surface area contributed by atoms with Crippen molar-refractivity contribution in [1.29, 1.82) is 0 Å². The third kappa shape index (κ3) is 17.6. The lowest BCUT2D eigenvalue weighted by Crippen LogP contribution is -2.43. The molecule has 1 atom stereocenters. The second-order valence-electron chi connectivity index (χ2n) is 7.46. The van der Waals surface area contributed by atoms with E-state index in [0.717, 1.165) is 32.1 Å². The first kappa shape index (κ1) is 26.1. The maximum atomic E-state index is 11.7. The first-order valence-electron chi connectivity index (χ1n) is 10.9. The van der Waals surface area contributed by atoms with Crippen molar-refractivity contribution >= 4 is 17.8 Å². The van der Waals surface area contributed by atoms with Gasteiger partial charge in [0, 0.05) is 6.42 Å². The maximum absolute atomic E-state index is 11.7. The Morgan fingerprint density at radius 1 is 0.857 bits per heavy atom. The van der Waals surface area contributed by atoms with Crippen molar-refractivity contribution in [3.05, 3.63) is 12.2 Å². The van der Waals surface area contributed by atoms with E-state index in [1.165, 1.54) is 51.4 Å². The Hall–Kier alpha value is -1.85. The molecule has 0 saturated carbocycles. The van der Waals surface area contributed by atoms with Crippen molar-refractivity contribution in [2.45, 2.75) is 109 Å². The summed E-state index contributed by atoms with van der Waals surface area (Å²) in [4.78, 5) is 33.5. The van der Waals surface area contributed by atoms with Gasteiger partial charge in [-0.2, -0.15) is 0 Å². The molecule has 0 aromatic rings. The Kier molecular flexibility index (Phi) is 17.3. The van der Waals surface area contributed by atoms with Gasteiger partial charge in [0.1, 0.15) is 6.04 Å². The number of nitrogens with one attached hydrogen (secondary N) is 1. The van der Waals surface area contributed by atoms with Gasteiger partial charge in [-0.3, -0.25) is 9.59 Å². The number of primary amides is 1. The van der Waals surface area contributed by atoms with Crippen LogP contribution >= 0.6 is 0 Å². The van der Waals surface area contributed by atoms with Crippen molar-refractivity contribution in [2.75, 3.05) is 0 Å². The lowest BCUT2D eigenvalue weighted by Gasteiger charge is -2.12. The van der Waals surface area contributed by atoms with Crippen LogP contribution in [0.3, 0.4) is 0 Å². The molecular weight excluding hydrogens is 356 g/mol. The molecule has 0 aromatic heterocycles. The van der Waals surface area contributed by atoms with Crippen LogP contribution in [-0.4, -0.2) is 28.9 Å². The van der Waals surface area contributed by atoms with E-state index in [0.29, 0.717) is 0 Å². The number of hydrogen-bond acceptors (Lipinski definition) is 3. The molecule has 6 heteroatoms. The average molecular weight is 397 g/mol. The monoisotopic (exact) mass is 396 g/mol. The van der Waals surface area contributed by atoms with Crippen LogP contribution in [0.15, 0.2) is 12.2 Å². The van der Waals surface area contributed by atoms with Crippen LogP contribution in [0.1, 0.15) is 103 Å². The molecule has 162 valence electrons. The number of aliphatic carboxylic acids is 1. The van der Waals surface area contributed by atoms with Gasteiger partial charge in [0.05, 0.1) is 6.42 Å². The van der Waals surface area contributed by atoms with Crippen molar-refractivity contribution < 1.29 is 19.5 Å². The molecule has 2 amide bonds. The van der Waals surface area contributed by atoms with Gasteiger partial charge in [-0.1, -0.05) is 70.4 Å². The fourth-order valence-corrected chi connectivity index (χ4v) is 3.02. The lowest BCUT2D eigenvalue weighted by atomic mass is 10.1. The van der Waals surface area contributed by atoms with Crippen molar-refractivity contribution in [2.24, 2.45) is 5.73 Å². The number of unbranched alkanes of at least 4 members (excludes halogenated alkanes) is 11. The summed E-state index contributed by atoms with van der Waals surface area (Å²) in [5.74, 6) is -2.32. The van der Waals surface area contributed by atoms with Gasteiger partial charge in [-0.05, 0) is 32.1 Å². The van der Waals surface area contributed by atoms with Gasteiger partial charge in [-0.25, -0.2) is 4.79 Å². The van der Waals surface area contributed by atoms with E-state index in [2.05, 4.69) is 24.4 Å². The Labute approximate surface area is 170 Å². The second kappa shape index (κ2) is 18.5. The largest absolute Gasteiger partial charge is 0.480 e. The predicted molar refractivity (Wildman–Crippen MR) is 113 cm³/mol. The van der Waals surface area contributed by atoms with Crippen LogP contribution in [0.5, 0.6) is 0 Å². The molecule has 0 heterocycles. The summed E-state index contributed by atoms with van der Waals surface area (Å²) in [6.45, 7) is 2.24. The van der Waals surface area contributed by atoms with E-state index < -0.39 is 17.9 Å². The molecule has 0 fully saturated rings. The van der Waals surface area contributed by atoms with Gasteiger partial charge in [0.25, 0.3) is 0 Å². The topological polar surface area (TPSA) is 109 Å². The standard InChI is InChI=1S/C22H40N2O4/c1-2-3-4-5-6-7-8-9-10-11-12-13-14-15-16-17-21(26)24-19(22(27)28)18-20(23)25/h9-10,19H,2-8,11-18H2,1H3,(H2,23,25)(H,24,26)(H,27,28). The summed E-state index contributed by atoms with van der Waals surface area (Å²) < 4.78 is 0. The van der Waals surface area contributed by atoms with Crippen molar-refractivity contribution in [3.63, 3.8) is 0 Å². The fourth-order valence-electron chi connectivity index (χ4n) is 3.02. The van der Waals surface area contributed by atoms with Crippen molar-refractivity contribution in [3.8, 4) is 0 Å². The molecule has 0 bridgehead atoms. The molecule has 1 unspecified atom stereocenters. The third-order valence-corrected chi connectivity index (χ3v) is 4.70. The van der Waals surface area contributed by atoms with Gasteiger partial charge in [0.2, 0.25) is 11.8 Å². The normalized spacial score (nSPS) is 12.2. The summed E-state index contributed by atoms with van der Waals surface area (Å²) in [6.07, 6.45) is 19.9. The molecule has 6 nitrogen and oxygen atoms in total. The first-order chi connectivity index (χ1) is 13.5. The molecule has 4 N–H and O–H groups in total. The predicted octanol–water partition coefficient (Wildman–Crippen LogP) is 4.47. The minimum atomic E-state index is -1.24. The zero-order chi connectivity index (χ0) is 21.0. The summed E-state index contributed by atoms with van der Waals surface area (Å²) in [6, 6.07) is -1.23. The highest BCUT2D eigenvalue weighted by Crippen LogP contribution is 2.10. The molecule has 0 saturated heterocycles. The summed E-state index contributed by atoms with van der Waals surface area (Å²) >= 11 is 0. The Morgan fingerprint density at radius 2 is 1.36 bits per heavy atom. The number of carboxylic acid groups (broad SMARTS) is 1. The van der Waals surface area contributed by atoms with Crippen molar-refractivity contribution in [1.82, 2.24) is 5.32 Å². The number of carbonyl (C=O) groups excluding carboxylic acids is 2. The molecule has 0 aromatic carbocycles. The lowest BCUT2D eigenvalue weighted by molar-refractivity contribution is -0.143. The van der Waals surface area contributed by atoms with Crippen LogP contribution in [0.4, 0.5) is 0 Å². The SMILES string of the molecule is CCCCCCCCC=CCCCCCCCC(=O)NC(CC(N)=O)C(=O)O. The molecule has 0 aliphatic heterocycles. The molecule has 0 aliphatic rings. The summed E-state index contributed by atoms with van der Waals surface area (Å²) in [5.41, 5.74) is 4.98. The van der Waals surface area contributed by atoms with E-state index >= 15 is 0 Å². The number of carbonyl (C=O) groups is 3. The maximum Gasteiger partial charge on any atom is 0.326 e. The zero-order valence-corrected chi connectivity index (χ0v) is 17.6. The number of amides is 2. The number of allylic oxidation sites excluding steroid dienone is 2. The second-order valence-corrected chi connectivity index (χ2v) is 7.46. The van der Waals surface area contributed by atoms with Crippen LogP contribution in [-0.2, 0) is 14.4 Å². The summed E-state index contributed by atoms with van der Waals surface area (Å²) in [7, 11) is 0. The Bertz CT molecular complexity index is 463. The highest BCUT2D eigenvalue weighted by Gasteiger charge is 2.21. The van der Waals surface area contributed by atoms with E-state index in [-0.39, 0.29) is 18.7 Å². The van der Waals surface area contributed by atoms with Gasteiger partial charge >= 0.3 is 5.97 Å². The number of rotatable bonds is 19. The highest BCUT2D eigenvalue weighted by atomic mass is 16.4. The average Bonchev–Trinajstić information content (AvgIpc) is 2.64. The number of carboxylic acids is 1. The van der Waals surface area contributed by atoms with E-state index in [1.54, 1.807) is 0 Å². The Balaban J connectivity index is 3.51. The molecule has 0 radical (unpaired) electrons. The molecule has 28 heavy (non-hydrogen) atoms. The van der Waals surface area contributed by atoms with E-state index in [9.17, 15) is 14.4 Å².